The van der Waals surface area contributed by atoms with Crippen molar-refractivity contribution in [1.29, 1.82) is 0 Å². The Morgan fingerprint density at radius 2 is 1.57 bits per heavy atom. The van der Waals surface area contributed by atoms with Gasteiger partial charge in [-0.05, 0) is 51.0 Å². The zero-order valence-electron chi connectivity index (χ0n) is 9.50. The van der Waals surface area contributed by atoms with Crippen LogP contribution in [0.15, 0.2) is 18.2 Å². The van der Waals surface area contributed by atoms with Gasteiger partial charge in [-0.2, -0.15) is 0 Å². The predicted octanol–water partition coefficient (Wildman–Crippen LogP) is 3.57. The molecule has 0 aliphatic rings. The summed E-state index contributed by atoms with van der Waals surface area (Å²) in [4.78, 5) is 2.37. The second kappa shape index (κ2) is 5.92. The number of nitrogens with zero attached hydrogens (tertiary/aromatic N) is 1. The zero-order chi connectivity index (χ0) is 9.84. The molecular formula is C12H20ClN. The summed E-state index contributed by atoms with van der Waals surface area (Å²) in [6.45, 7) is 10.9. The van der Waals surface area contributed by atoms with Gasteiger partial charge in [0.15, 0.2) is 0 Å². The van der Waals surface area contributed by atoms with Crippen molar-refractivity contribution < 1.29 is 0 Å². The number of benzene rings is 1. The highest BCUT2D eigenvalue weighted by Crippen LogP contribution is 2.18. The van der Waals surface area contributed by atoms with E-state index in [0.29, 0.717) is 0 Å². The zero-order valence-corrected chi connectivity index (χ0v) is 10.3. The lowest BCUT2D eigenvalue weighted by molar-refractivity contribution is 0.865. The lowest BCUT2D eigenvalue weighted by atomic mass is 10.1. The van der Waals surface area contributed by atoms with E-state index in [2.05, 4.69) is 50.8 Å². The summed E-state index contributed by atoms with van der Waals surface area (Å²) in [5.74, 6) is 0. The van der Waals surface area contributed by atoms with Crippen molar-refractivity contribution in [2.24, 2.45) is 0 Å². The Labute approximate surface area is 93.5 Å². The molecule has 0 saturated carbocycles. The first kappa shape index (κ1) is 13.3. The molecule has 80 valence electrons. The molecule has 0 radical (unpaired) electrons. The minimum atomic E-state index is 0. The van der Waals surface area contributed by atoms with Crippen LogP contribution in [0.3, 0.4) is 0 Å². The molecule has 1 aromatic carbocycles. The highest BCUT2D eigenvalue weighted by Gasteiger charge is 2.01. The molecule has 0 atom stereocenters. The van der Waals surface area contributed by atoms with Crippen molar-refractivity contribution in [2.75, 3.05) is 18.0 Å². The van der Waals surface area contributed by atoms with E-state index in [0.717, 1.165) is 13.1 Å². The highest BCUT2D eigenvalue weighted by molar-refractivity contribution is 5.85. The number of hydrogen-bond donors (Lipinski definition) is 0. The third-order valence-electron chi connectivity index (χ3n) is 2.62. The fourth-order valence-corrected chi connectivity index (χ4v) is 1.51. The van der Waals surface area contributed by atoms with Gasteiger partial charge in [-0.1, -0.05) is 6.07 Å². The Balaban J connectivity index is 0.00000169. The van der Waals surface area contributed by atoms with Gasteiger partial charge in [0.2, 0.25) is 0 Å². The normalized spacial score (nSPS) is 9.43. The predicted molar refractivity (Wildman–Crippen MR) is 66.7 cm³/mol. The van der Waals surface area contributed by atoms with Crippen LogP contribution < -0.4 is 4.90 Å². The number of hydrogen-bond acceptors (Lipinski definition) is 1. The Morgan fingerprint density at radius 3 is 2.00 bits per heavy atom. The fraction of sp³-hybridized carbons (Fsp3) is 0.500. The molecule has 0 aliphatic carbocycles. The first-order valence-electron chi connectivity index (χ1n) is 5.01. The molecule has 0 saturated heterocycles. The summed E-state index contributed by atoms with van der Waals surface area (Å²) in [6, 6.07) is 6.67. The first-order chi connectivity index (χ1) is 6.19. The SMILES string of the molecule is CCN(CC)c1ccc(C)c(C)c1.Cl. The molecule has 1 aromatic rings. The van der Waals surface area contributed by atoms with E-state index in [1.54, 1.807) is 0 Å². The van der Waals surface area contributed by atoms with E-state index < -0.39 is 0 Å². The van der Waals surface area contributed by atoms with E-state index in [1.807, 2.05) is 0 Å². The molecule has 0 N–H and O–H groups in total. The fourth-order valence-electron chi connectivity index (χ4n) is 1.51. The van der Waals surface area contributed by atoms with Gasteiger partial charge in [0.05, 0.1) is 0 Å². The Bertz CT molecular complexity index is 280. The van der Waals surface area contributed by atoms with Crippen molar-refractivity contribution in [3.63, 3.8) is 0 Å². The maximum Gasteiger partial charge on any atom is 0.0368 e. The van der Waals surface area contributed by atoms with Crippen LogP contribution in [-0.4, -0.2) is 13.1 Å². The van der Waals surface area contributed by atoms with E-state index in [9.17, 15) is 0 Å². The van der Waals surface area contributed by atoms with Crippen LogP contribution in [0.5, 0.6) is 0 Å². The van der Waals surface area contributed by atoms with E-state index in [1.165, 1.54) is 16.8 Å². The Kier molecular flexibility index (Phi) is 5.63. The molecule has 0 aromatic heterocycles. The largest absolute Gasteiger partial charge is 0.372 e. The van der Waals surface area contributed by atoms with Crippen LogP contribution in [0.1, 0.15) is 25.0 Å². The molecule has 0 fully saturated rings. The van der Waals surface area contributed by atoms with Crippen molar-refractivity contribution in [1.82, 2.24) is 0 Å². The van der Waals surface area contributed by atoms with Crippen molar-refractivity contribution in [3.05, 3.63) is 29.3 Å². The average Bonchev–Trinajstić information content (AvgIpc) is 2.13. The molecule has 2 heteroatoms. The Morgan fingerprint density at radius 1 is 1.00 bits per heavy atom. The number of halogens is 1. The van der Waals surface area contributed by atoms with Gasteiger partial charge in [0.1, 0.15) is 0 Å². The molecule has 1 nitrogen and oxygen atoms in total. The third kappa shape index (κ3) is 2.91. The van der Waals surface area contributed by atoms with Crippen LogP contribution in [0, 0.1) is 13.8 Å². The van der Waals surface area contributed by atoms with Gasteiger partial charge < -0.3 is 4.90 Å². The average molecular weight is 214 g/mol. The smallest absolute Gasteiger partial charge is 0.0368 e. The summed E-state index contributed by atoms with van der Waals surface area (Å²) in [5, 5.41) is 0. The first-order valence-corrected chi connectivity index (χ1v) is 5.01. The van der Waals surface area contributed by atoms with E-state index >= 15 is 0 Å². The van der Waals surface area contributed by atoms with Gasteiger partial charge in [-0.3, -0.25) is 0 Å². The van der Waals surface area contributed by atoms with Gasteiger partial charge in [0.25, 0.3) is 0 Å². The molecule has 0 amide bonds. The van der Waals surface area contributed by atoms with Crippen molar-refractivity contribution in [3.8, 4) is 0 Å². The maximum atomic E-state index is 2.37. The van der Waals surface area contributed by atoms with E-state index in [-0.39, 0.29) is 12.4 Å². The number of rotatable bonds is 3. The molecule has 0 spiro atoms. The molecular weight excluding hydrogens is 194 g/mol. The molecule has 0 heterocycles. The molecule has 0 aliphatic heterocycles. The minimum absolute atomic E-state index is 0. The summed E-state index contributed by atoms with van der Waals surface area (Å²) in [5.41, 5.74) is 4.09. The van der Waals surface area contributed by atoms with Crippen molar-refractivity contribution >= 4 is 18.1 Å². The third-order valence-corrected chi connectivity index (χ3v) is 2.62. The van der Waals surface area contributed by atoms with Crippen molar-refractivity contribution in [2.45, 2.75) is 27.7 Å². The van der Waals surface area contributed by atoms with Crippen LogP contribution in [0.25, 0.3) is 0 Å². The Hall–Kier alpha value is -0.690. The van der Waals surface area contributed by atoms with Gasteiger partial charge >= 0.3 is 0 Å². The minimum Gasteiger partial charge on any atom is -0.372 e. The van der Waals surface area contributed by atoms with Gasteiger partial charge in [-0.15, -0.1) is 12.4 Å². The maximum absolute atomic E-state index is 2.37. The summed E-state index contributed by atoms with van der Waals surface area (Å²) in [7, 11) is 0. The van der Waals surface area contributed by atoms with Crippen LogP contribution in [0.2, 0.25) is 0 Å². The highest BCUT2D eigenvalue weighted by atomic mass is 35.5. The van der Waals surface area contributed by atoms with Gasteiger partial charge in [-0.25, -0.2) is 0 Å². The molecule has 0 unspecified atom stereocenters. The summed E-state index contributed by atoms with van der Waals surface area (Å²) >= 11 is 0. The molecule has 0 bridgehead atoms. The summed E-state index contributed by atoms with van der Waals surface area (Å²) in [6.07, 6.45) is 0. The standard InChI is InChI=1S/C12H19N.ClH/c1-5-13(6-2)12-8-7-10(3)11(4)9-12;/h7-9H,5-6H2,1-4H3;1H. The monoisotopic (exact) mass is 213 g/mol. The van der Waals surface area contributed by atoms with Crippen LogP contribution in [-0.2, 0) is 0 Å². The van der Waals surface area contributed by atoms with E-state index in [4.69, 9.17) is 0 Å². The van der Waals surface area contributed by atoms with Gasteiger partial charge in [0, 0.05) is 18.8 Å². The molecule has 14 heavy (non-hydrogen) atoms. The quantitative estimate of drug-likeness (QED) is 0.742. The lowest BCUT2D eigenvalue weighted by Crippen LogP contribution is -2.21. The summed E-state index contributed by atoms with van der Waals surface area (Å²) < 4.78 is 0. The number of aryl methyl sites for hydroxylation is 2. The molecule has 1 rings (SSSR count). The lowest BCUT2D eigenvalue weighted by Gasteiger charge is -2.21. The topological polar surface area (TPSA) is 3.24 Å². The second-order valence-corrected chi connectivity index (χ2v) is 3.44. The number of anilines is 1. The second-order valence-electron chi connectivity index (χ2n) is 3.44. The van der Waals surface area contributed by atoms with Crippen LogP contribution in [0.4, 0.5) is 5.69 Å². The van der Waals surface area contributed by atoms with Crippen LogP contribution >= 0.6 is 12.4 Å².